The van der Waals surface area contributed by atoms with Gasteiger partial charge < -0.3 is 16.0 Å². The number of benzene rings is 2. The average Bonchev–Trinajstić information content (AvgIpc) is 2.54. The summed E-state index contributed by atoms with van der Waals surface area (Å²) < 4.78 is 0.917. The molecule has 2 rings (SSSR count). The van der Waals surface area contributed by atoms with Crippen LogP contribution in [-0.2, 0) is 4.79 Å². The van der Waals surface area contributed by atoms with Crippen LogP contribution in [-0.4, -0.2) is 19.0 Å². The smallest absolute Gasteiger partial charge is 0.318 e. The van der Waals surface area contributed by atoms with Crippen LogP contribution in [0.25, 0.3) is 6.08 Å². The maximum atomic E-state index is 12.0. The molecule has 0 aliphatic heterocycles. The summed E-state index contributed by atoms with van der Waals surface area (Å²) in [5.74, 6) is -0.252. The summed E-state index contributed by atoms with van der Waals surface area (Å²) in [6.45, 7) is 0. The largest absolute Gasteiger partial charge is 0.341 e. The Morgan fingerprint density at radius 3 is 2.39 bits per heavy atom. The maximum Gasteiger partial charge on any atom is 0.318 e. The van der Waals surface area contributed by atoms with Crippen LogP contribution in [0.15, 0.2) is 59.1 Å². The number of amides is 3. The number of nitrogens with one attached hydrogen (secondary N) is 3. The zero-order valence-electron chi connectivity index (χ0n) is 12.5. The molecular weight excluding hydrogens is 358 g/mol. The molecule has 0 atom stereocenters. The van der Waals surface area contributed by atoms with Crippen LogP contribution in [0.2, 0.25) is 0 Å². The second kappa shape index (κ2) is 8.14. The molecule has 2 aromatic carbocycles. The van der Waals surface area contributed by atoms with Crippen LogP contribution >= 0.6 is 15.9 Å². The highest BCUT2D eigenvalue weighted by Gasteiger charge is 2.02. The van der Waals surface area contributed by atoms with Gasteiger partial charge >= 0.3 is 6.03 Å². The number of hydrogen-bond donors (Lipinski definition) is 3. The summed E-state index contributed by atoms with van der Waals surface area (Å²) in [6.07, 6.45) is 3.19. The molecule has 3 amide bonds. The Hall–Kier alpha value is -2.60. The van der Waals surface area contributed by atoms with Crippen molar-refractivity contribution in [2.24, 2.45) is 0 Å². The van der Waals surface area contributed by atoms with Crippen LogP contribution in [0.1, 0.15) is 5.56 Å². The summed E-state index contributed by atoms with van der Waals surface area (Å²) in [5, 5.41) is 7.86. The SMILES string of the molecule is CNC(=O)Nc1cccc(NC(=O)/C=C/c2ccccc2Br)c1. The van der Waals surface area contributed by atoms with E-state index in [1.54, 1.807) is 30.3 Å². The molecule has 118 valence electrons. The van der Waals surface area contributed by atoms with E-state index in [-0.39, 0.29) is 11.9 Å². The minimum atomic E-state index is -0.317. The van der Waals surface area contributed by atoms with Gasteiger partial charge in [0.15, 0.2) is 0 Å². The lowest BCUT2D eigenvalue weighted by atomic mass is 10.2. The Balaban J connectivity index is 2.01. The molecule has 3 N–H and O–H groups in total. The third kappa shape index (κ3) is 5.27. The predicted molar refractivity (Wildman–Crippen MR) is 96.3 cm³/mol. The van der Waals surface area contributed by atoms with E-state index in [9.17, 15) is 9.59 Å². The van der Waals surface area contributed by atoms with Crippen molar-refractivity contribution in [2.45, 2.75) is 0 Å². The lowest BCUT2D eigenvalue weighted by Gasteiger charge is -2.07. The highest BCUT2D eigenvalue weighted by molar-refractivity contribution is 9.10. The Labute approximate surface area is 142 Å². The molecule has 0 spiro atoms. The molecule has 23 heavy (non-hydrogen) atoms. The molecule has 5 nitrogen and oxygen atoms in total. The van der Waals surface area contributed by atoms with Crippen molar-refractivity contribution in [1.29, 1.82) is 0 Å². The van der Waals surface area contributed by atoms with Crippen LogP contribution in [0.4, 0.5) is 16.2 Å². The lowest BCUT2D eigenvalue weighted by molar-refractivity contribution is -0.111. The molecule has 0 heterocycles. The normalized spacial score (nSPS) is 10.3. The molecule has 0 fully saturated rings. The lowest BCUT2D eigenvalue weighted by Crippen LogP contribution is -2.24. The van der Waals surface area contributed by atoms with Crippen molar-refractivity contribution < 1.29 is 9.59 Å². The first-order valence-electron chi connectivity index (χ1n) is 6.91. The average molecular weight is 374 g/mol. The molecule has 0 saturated heterocycles. The van der Waals surface area contributed by atoms with Gasteiger partial charge in [0.25, 0.3) is 0 Å². The van der Waals surface area contributed by atoms with Crippen molar-refractivity contribution in [3.8, 4) is 0 Å². The minimum Gasteiger partial charge on any atom is -0.341 e. The van der Waals surface area contributed by atoms with Crippen LogP contribution in [0.3, 0.4) is 0 Å². The maximum absolute atomic E-state index is 12.0. The molecule has 0 saturated carbocycles. The Bertz CT molecular complexity index is 744. The van der Waals surface area contributed by atoms with E-state index in [0.29, 0.717) is 11.4 Å². The number of hydrogen-bond acceptors (Lipinski definition) is 2. The number of rotatable bonds is 4. The van der Waals surface area contributed by atoms with E-state index < -0.39 is 0 Å². The van der Waals surface area contributed by atoms with Gasteiger partial charge in [0.05, 0.1) is 0 Å². The first-order chi connectivity index (χ1) is 11.1. The second-order valence-corrected chi connectivity index (χ2v) is 5.48. The summed E-state index contributed by atoms with van der Waals surface area (Å²) in [7, 11) is 1.54. The summed E-state index contributed by atoms with van der Waals surface area (Å²) in [6, 6.07) is 14.2. The van der Waals surface area contributed by atoms with E-state index in [1.165, 1.54) is 13.1 Å². The predicted octanol–water partition coefficient (Wildman–Crippen LogP) is 3.85. The molecule has 6 heteroatoms. The molecule has 0 radical (unpaired) electrons. The summed E-state index contributed by atoms with van der Waals surface area (Å²) >= 11 is 3.42. The zero-order valence-corrected chi connectivity index (χ0v) is 14.1. The number of urea groups is 1. The molecule has 0 unspecified atom stereocenters. The fraction of sp³-hybridized carbons (Fsp3) is 0.0588. The first-order valence-corrected chi connectivity index (χ1v) is 7.70. The summed E-state index contributed by atoms with van der Waals surface area (Å²) in [4.78, 5) is 23.3. The number of halogens is 1. The molecule has 0 aliphatic carbocycles. The van der Waals surface area contributed by atoms with E-state index in [1.807, 2.05) is 24.3 Å². The van der Waals surface area contributed by atoms with E-state index in [2.05, 4.69) is 31.9 Å². The third-order valence-corrected chi connectivity index (χ3v) is 3.66. The first kappa shape index (κ1) is 16.8. The van der Waals surface area contributed by atoms with Gasteiger partial charge in [-0.25, -0.2) is 4.79 Å². The molecule has 0 aromatic heterocycles. The van der Waals surface area contributed by atoms with Gasteiger partial charge in [-0.2, -0.15) is 0 Å². The molecule has 0 bridgehead atoms. The standard InChI is InChI=1S/C17H16BrN3O2/c1-19-17(23)21-14-7-4-6-13(11-14)20-16(22)10-9-12-5-2-3-8-15(12)18/h2-11H,1H3,(H,20,22)(H2,19,21,23)/b10-9+. The fourth-order valence-electron chi connectivity index (χ4n) is 1.83. The van der Waals surface area contributed by atoms with Crippen molar-refractivity contribution in [1.82, 2.24) is 5.32 Å². The van der Waals surface area contributed by atoms with Crippen molar-refractivity contribution >= 4 is 45.3 Å². The van der Waals surface area contributed by atoms with Crippen molar-refractivity contribution in [2.75, 3.05) is 17.7 Å². The Morgan fingerprint density at radius 1 is 1.00 bits per heavy atom. The highest BCUT2D eigenvalue weighted by Crippen LogP contribution is 2.18. The quantitative estimate of drug-likeness (QED) is 0.712. The van der Waals surface area contributed by atoms with Gasteiger partial charge in [0.2, 0.25) is 5.91 Å². The van der Waals surface area contributed by atoms with Gasteiger partial charge in [0.1, 0.15) is 0 Å². The molecule has 0 aliphatic rings. The third-order valence-electron chi connectivity index (χ3n) is 2.93. The van der Waals surface area contributed by atoms with Crippen molar-refractivity contribution in [3.63, 3.8) is 0 Å². The number of carbonyl (C=O) groups is 2. The fourth-order valence-corrected chi connectivity index (χ4v) is 2.24. The molecule has 2 aromatic rings. The van der Waals surface area contributed by atoms with Gasteiger partial charge in [-0.3, -0.25) is 4.79 Å². The number of anilines is 2. The second-order valence-electron chi connectivity index (χ2n) is 4.63. The van der Waals surface area contributed by atoms with Crippen LogP contribution in [0, 0.1) is 0 Å². The summed E-state index contributed by atoms with van der Waals surface area (Å²) in [5.41, 5.74) is 2.11. The van der Waals surface area contributed by atoms with Gasteiger partial charge in [0, 0.05) is 29.0 Å². The van der Waals surface area contributed by atoms with E-state index in [0.717, 1.165) is 10.0 Å². The Morgan fingerprint density at radius 2 is 1.70 bits per heavy atom. The minimum absolute atomic E-state index is 0.252. The monoisotopic (exact) mass is 373 g/mol. The topological polar surface area (TPSA) is 70.2 Å². The Kier molecular flexibility index (Phi) is 5.94. The van der Waals surface area contributed by atoms with Crippen LogP contribution < -0.4 is 16.0 Å². The number of carbonyl (C=O) groups excluding carboxylic acids is 2. The van der Waals surface area contributed by atoms with E-state index >= 15 is 0 Å². The van der Waals surface area contributed by atoms with E-state index in [4.69, 9.17) is 0 Å². The van der Waals surface area contributed by atoms with Gasteiger partial charge in [-0.15, -0.1) is 0 Å². The van der Waals surface area contributed by atoms with Crippen LogP contribution in [0.5, 0.6) is 0 Å². The molecular formula is C17H16BrN3O2. The zero-order chi connectivity index (χ0) is 16.7. The van der Waals surface area contributed by atoms with Gasteiger partial charge in [-0.1, -0.05) is 40.2 Å². The highest BCUT2D eigenvalue weighted by atomic mass is 79.9. The van der Waals surface area contributed by atoms with Crippen molar-refractivity contribution in [3.05, 3.63) is 64.6 Å². The van der Waals surface area contributed by atoms with Gasteiger partial charge in [-0.05, 0) is 35.9 Å².